The van der Waals surface area contributed by atoms with Crippen LogP contribution in [-0.2, 0) is 38.6 Å². The van der Waals surface area contributed by atoms with Crippen LogP contribution in [-0.4, -0.2) is 105 Å². The normalized spacial score (nSPS) is 20.3. The molecule has 3 aliphatic heterocycles. The first kappa shape index (κ1) is 47.0. The van der Waals surface area contributed by atoms with Crippen LogP contribution in [0.3, 0.4) is 0 Å². The molecule has 0 aliphatic carbocycles. The fraction of sp³-hybridized carbons (Fsp3) is 0.542. The molecular weight excluding hydrogens is 807 g/mol. The Hall–Kier alpha value is -5.54. The summed E-state index contributed by atoms with van der Waals surface area (Å²) in [5.74, 6) is 1.93. The third-order valence-corrected chi connectivity index (χ3v) is 12.7. The molecule has 1 fully saturated rings. The molecule has 6 rings (SSSR count). The van der Waals surface area contributed by atoms with Gasteiger partial charge in [-0.2, -0.15) is 0 Å². The molecule has 0 spiro atoms. The zero-order valence-corrected chi connectivity index (χ0v) is 38.0. The second-order valence-electron chi connectivity index (χ2n) is 17.3. The number of ether oxygens (including phenoxy) is 5. The van der Waals surface area contributed by atoms with Crippen molar-refractivity contribution in [2.75, 3.05) is 60.0 Å². The maximum atomic E-state index is 14.3. The number of hydrogen-bond donors (Lipinski definition) is 4. The molecule has 3 aliphatic rings. The lowest BCUT2D eigenvalue weighted by Gasteiger charge is -2.50. The lowest BCUT2D eigenvalue weighted by molar-refractivity contribution is -0.131. The number of carbonyl (C=O) groups excluding carboxylic acids is 4. The lowest BCUT2D eigenvalue weighted by Crippen LogP contribution is -2.54. The molecule has 63 heavy (non-hydrogen) atoms. The van der Waals surface area contributed by atoms with E-state index in [1.165, 1.54) is 18.1 Å². The summed E-state index contributed by atoms with van der Waals surface area (Å²) >= 11 is 0. The van der Waals surface area contributed by atoms with Crippen LogP contribution in [0.1, 0.15) is 93.3 Å². The number of aliphatic hydroxyl groups is 1. The number of fused-ring (bicyclic) bond motifs is 4. The van der Waals surface area contributed by atoms with Gasteiger partial charge in [0.15, 0.2) is 23.0 Å². The quantitative estimate of drug-likeness (QED) is 0.126. The number of nitrogens with zero attached hydrogens (tertiary/aromatic N) is 2. The highest BCUT2D eigenvalue weighted by atomic mass is 16.6. The van der Waals surface area contributed by atoms with E-state index < -0.39 is 42.5 Å². The number of amides is 4. The van der Waals surface area contributed by atoms with Crippen molar-refractivity contribution in [3.8, 4) is 23.0 Å². The summed E-state index contributed by atoms with van der Waals surface area (Å²) in [6.07, 6.45) is 4.26. The molecule has 0 bridgehead atoms. The van der Waals surface area contributed by atoms with E-state index in [0.29, 0.717) is 54.7 Å². The van der Waals surface area contributed by atoms with Crippen molar-refractivity contribution in [1.82, 2.24) is 20.4 Å². The summed E-state index contributed by atoms with van der Waals surface area (Å²) in [4.78, 5) is 56.6. The van der Waals surface area contributed by atoms with Crippen molar-refractivity contribution in [2.45, 2.75) is 97.0 Å². The Morgan fingerprint density at radius 1 is 0.794 bits per heavy atom. The Bertz CT molecular complexity index is 2090. The molecule has 4 N–H and O–H groups in total. The van der Waals surface area contributed by atoms with Gasteiger partial charge >= 0.3 is 6.09 Å². The average Bonchev–Trinajstić information content (AvgIpc) is 3.28. The van der Waals surface area contributed by atoms with Crippen LogP contribution in [0.15, 0.2) is 48.5 Å². The van der Waals surface area contributed by atoms with Gasteiger partial charge in [0, 0.05) is 38.3 Å². The number of carbonyl (C=O) groups is 4. The van der Waals surface area contributed by atoms with E-state index in [4.69, 9.17) is 23.7 Å². The number of aliphatic hydroxyl groups excluding tert-OH is 1. The Balaban J connectivity index is 1.21. The summed E-state index contributed by atoms with van der Waals surface area (Å²) in [5, 5.41) is 17.5. The second-order valence-corrected chi connectivity index (χ2v) is 17.3. The molecule has 0 unspecified atom stereocenters. The molecule has 1 saturated heterocycles. The maximum Gasteiger partial charge on any atom is 0.410 e. The number of benzene rings is 3. The third kappa shape index (κ3) is 11.0. The van der Waals surface area contributed by atoms with Crippen molar-refractivity contribution in [3.05, 3.63) is 76.3 Å². The maximum absolute atomic E-state index is 14.3. The van der Waals surface area contributed by atoms with Crippen LogP contribution >= 0.6 is 0 Å². The second kappa shape index (κ2) is 21.2. The number of methoxy groups -OCH3 is 4. The van der Waals surface area contributed by atoms with Crippen molar-refractivity contribution in [3.63, 3.8) is 0 Å². The summed E-state index contributed by atoms with van der Waals surface area (Å²) in [5.41, 5.74) is 5.88. The largest absolute Gasteiger partial charge is 0.493 e. The van der Waals surface area contributed by atoms with Gasteiger partial charge < -0.3 is 49.6 Å². The van der Waals surface area contributed by atoms with Gasteiger partial charge in [-0.3, -0.25) is 19.3 Å². The Kier molecular flexibility index (Phi) is 15.8. The first-order valence-electron chi connectivity index (χ1n) is 22.1. The summed E-state index contributed by atoms with van der Waals surface area (Å²) in [7, 11) is 6.61. The van der Waals surface area contributed by atoms with Gasteiger partial charge in [-0.25, -0.2) is 4.79 Å². The molecule has 15 nitrogen and oxygen atoms in total. The first-order valence-corrected chi connectivity index (χ1v) is 22.1. The molecule has 6 atom stereocenters. The highest BCUT2D eigenvalue weighted by molar-refractivity contribution is 5.98. The third-order valence-electron chi connectivity index (χ3n) is 12.7. The number of anilines is 1. The number of nitrogens with one attached hydrogen (secondary N) is 3. The van der Waals surface area contributed by atoms with E-state index >= 15 is 0 Å². The fourth-order valence-electron chi connectivity index (χ4n) is 9.61. The van der Waals surface area contributed by atoms with Gasteiger partial charge in [0.25, 0.3) is 0 Å². The molecule has 0 aromatic heterocycles. The molecule has 15 heteroatoms. The minimum Gasteiger partial charge on any atom is -0.493 e. The minimum absolute atomic E-state index is 0.0134. The highest BCUT2D eigenvalue weighted by Gasteiger charge is 2.44. The molecule has 3 aromatic rings. The zero-order valence-electron chi connectivity index (χ0n) is 38.0. The smallest absolute Gasteiger partial charge is 0.410 e. The van der Waals surface area contributed by atoms with E-state index in [9.17, 15) is 24.3 Å². The summed E-state index contributed by atoms with van der Waals surface area (Å²) < 4.78 is 29.1. The van der Waals surface area contributed by atoms with Gasteiger partial charge in [-0.05, 0) is 114 Å². The highest BCUT2D eigenvalue weighted by Crippen LogP contribution is 2.50. The predicted octanol–water partition coefficient (Wildman–Crippen LogP) is 5.96. The monoisotopic (exact) mass is 871 g/mol. The van der Waals surface area contributed by atoms with Crippen molar-refractivity contribution in [2.24, 2.45) is 17.8 Å². The van der Waals surface area contributed by atoms with Crippen LogP contribution in [0.25, 0.3) is 0 Å². The molecule has 4 amide bonds. The van der Waals surface area contributed by atoms with E-state index in [1.54, 1.807) is 52.7 Å². The zero-order chi connectivity index (χ0) is 45.4. The Labute approximate surface area is 371 Å². The van der Waals surface area contributed by atoms with E-state index in [0.717, 1.165) is 54.8 Å². The van der Waals surface area contributed by atoms with Crippen LogP contribution in [0.4, 0.5) is 10.5 Å². The first-order chi connectivity index (χ1) is 30.3. The summed E-state index contributed by atoms with van der Waals surface area (Å²) in [6, 6.07) is 13.1. The van der Waals surface area contributed by atoms with Gasteiger partial charge in [0.05, 0.1) is 41.1 Å². The van der Waals surface area contributed by atoms with Gasteiger partial charge in [0.1, 0.15) is 18.7 Å². The van der Waals surface area contributed by atoms with E-state index in [2.05, 4.69) is 39.9 Å². The van der Waals surface area contributed by atoms with E-state index in [1.807, 2.05) is 30.9 Å². The summed E-state index contributed by atoms with van der Waals surface area (Å²) in [6.45, 7) is 9.20. The molecule has 3 heterocycles. The number of hydrogen-bond acceptors (Lipinski definition) is 11. The topological polar surface area (TPSA) is 177 Å². The van der Waals surface area contributed by atoms with Gasteiger partial charge in [-0.15, -0.1) is 0 Å². The Morgan fingerprint density at radius 3 is 1.98 bits per heavy atom. The number of piperidine rings is 1. The SMILES string of the molecule is CC[C@@H]1C[C@@H](C[C@@H]2c3cc(OC)c(OC)cc3CCN2C(=O)OCc2ccc(NC(=O)[C@H](CC(C)C)NC(=O)[C@H](CO)NC(C)=O)cc2)[C@H]2c3cc(OC)c(OC)cc3CCN2C1. The van der Waals surface area contributed by atoms with Gasteiger partial charge in [-0.1, -0.05) is 39.3 Å². The molecule has 0 radical (unpaired) electrons. The van der Waals surface area contributed by atoms with Gasteiger partial charge in [0.2, 0.25) is 17.7 Å². The predicted molar refractivity (Wildman–Crippen MR) is 238 cm³/mol. The standard InChI is InChI=1S/C48H65N5O10/c1-9-30-19-34(45-37-24-44(62-8)42(60-6)22-33(37)14-16-52(45)25-30)20-40-36-23-43(61-7)41(59-5)21-32(36)15-17-53(40)48(58)63-27-31-10-12-35(13-11-31)50-46(56)38(18-28(2)3)51-47(57)39(26-54)49-29(4)55/h10-13,21-24,28,30,34,38-40,45,54H,9,14-20,25-27H2,1-8H3,(H,49,55)(H,50,56)(H,51,57)/t30-,34+,38+,39+,40-,45+/m1/s1. The molecule has 3 aromatic carbocycles. The lowest BCUT2D eigenvalue weighted by atomic mass is 9.72. The average molecular weight is 872 g/mol. The number of rotatable bonds is 17. The van der Waals surface area contributed by atoms with Crippen LogP contribution < -0.4 is 34.9 Å². The van der Waals surface area contributed by atoms with Crippen LogP contribution in [0.2, 0.25) is 0 Å². The fourth-order valence-corrected chi connectivity index (χ4v) is 9.61. The van der Waals surface area contributed by atoms with Crippen molar-refractivity contribution >= 4 is 29.5 Å². The molecular formula is C48H65N5O10. The van der Waals surface area contributed by atoms with Crippen LogP contribution in [0.5, 0.6) is 23.0 Å². The Morgan fingerprint density at radius 2 is 1.40 bits per heavy atom. The van der Waals surface area contributed by atoms with Crippen molar-refractivity contribution in [1.29, 1.82) is 0 Å². The van der Waals surface area contributed by atoms with Crippen LogP contribution in [0, 0.1) is 17.8 Å². The molecule has 342 valence electrons. The minimum atomic E-state index is -1.18. The van der Waals surface area contributed by atoms with E-state index in [-0.39, 0.29) is 30.5 Å². The molecule has 0 saturated carbocycles. The van der Waals surface area contributed by atoms with Crippen molar-refractivity contribution < 1.29 is 48.0 Å².